The Kier molecular flexibility index (Phi) is 11.4. The Hall–Kier alpha value is -1.33. The van der Waals surface area contributed by atoms with Crippen LogP contribution in [-0.2, 0) is 13.0 Å². The van der Waals surface area contributed by atoms with Crippen molar-refractivity contribution < 1.29 is 4.74 Å². The zero-order valence-corrected chi connectivity index (χ0v) is 16.8. The second-order valence-corrected chi connectivity index (χ2v) is 5.85. The second-order valence-electron chi connectivity index (χ2n) is 5.85. The van der Waals surface area contributed by atoms with Crippen LogP contribution in [0.5, 0.6) is 5.75 Å². The van der Waals surface area contributed by atoms with E-state index in [1.54, 1.807) is 7.11 Å². The van der Waals surface area contributed by atoms with Gasteiger partial charge >= 0.3 is 0 Å². The first-order valence-corrected chi connectivity index (χ1v) is 8.11. The van der Waals surface area contributed by atoms with E-state index in [-0.39, 0.29) is 24.8 Å². The van der Waals surface area contributed by atoms with E-state index >= 15 is 0 Å². The fourth-order valence-corrected chi connectivity index (χ4v) is 2.83. The number of nitrogens with two attached hydrogens (primary N) is 1. The number of aryl methyl sites for hydroxylation is 1. The predicted molar refractivity (Wildman–Crippen MR) is 109 cm³/mol. The SMILES string of the molecule is COc1c(C)cnc(CN(CCN)CCc2ccccc2)c1C.Cl.Cl. The summed E-state index contributed by atoms with van der Waals surface area (Å²) in [7, 11) is 1.71. The molecule has 0 saturated carbocycles. The minimum absolute atomic E-state index is 0. The third-order valence-electron chi connectivity index (χ3n) is 4.13. The average molecular weight is 386 g/mol. The molecule has 4 nitrogen and oxygen atoms in total. The highest BCUT2D eigenvalue weighted by Gasteiger charge is 2.13. The molecule has 0 atom stereocenters. The Labute approximate surface area is 163 Å². The molecule has 6 heteroatoms. The van der Waals surface area contributed by atoms with Crippen LogP contribution < -0.4 is 10.5 Å². The highest BCUT2D eigenvalue weighted by Crippen LogP contribution is 2.24. The van der Waals surface area contributed by atoms with E-state index in [2.05, 4.69) is 41.1 Å². The second kappa shape index (κ2) is 12.1. The molecule has 0 spiro atoms. The number of nitrogens with zero attached hydrogens (tertiary/aromatic N) is 2. The molecular weight excluding hydrogens is 357 g/mol. The Morgan fingerprint density at radius 1 is 1.08 bits per heavy atom. The number of aromatic nitrogens is 1. The van der Waals surface area contributed by atoms with Crippen LogP contribution in [0.2, 0.25) is 0 Å². The van der Waals surface area contributed by atoms with Gasteiger partial charge in [0.1, 0.15) is 5.75 Å². The van der Waals surface area contributed by atoms with Gasteiger partial charge in [0, 0.05) is 43.5 Å². The van der Waals surface area contributed by atoms with E-state index < -0.39 is 0 Å². The van der Waals surface area contributed by atoms with Crippen LogP contribution in [0.3, 0.4) is 0 Å². The zero-order chi connectivity index (χ0) is 16.7. The van der Waals surface area contributed by atoms with E-state index in [1.807, 2.05) is 19.2 Å². The minimum atomic E-state index is 0. The zero-order valence-electron chi connectivity index (χ0n) is 15.2. The van der Waals surface area contributed by atoms with Gasteiger partial charge in [-0.3, -0.25) is 9.88 Å². The van der Waals surface area contributed by atoms with Crippen molar-refractivity contribution in [2.75, 3.05) is 26.7 Å². The molecule has 140 valence electrons. The summed E-state index contributed by atoms with van der Waals surface area (Å²) in [6.45, 7) is 7.38. The van der Waals surface area contributed by atoms with Gasteiger partial charge in [0.15, 0.2) is 0 Å². The lowest BCUT2D eigenvalue weighted by molar-refractivity contribution is 0.272. The molecule has 0 unspecified atom stereocenters. The van der Waals surface area contributed by atoms with Crippen molar-refractivity contribution in [2.24, 2.45) is 5.73 Å². The molecule has 25 heavy (non-hydrogen) atoms. The maximum Gasteiger partial charge on any atom is 0.128 e. The number of hydrogen-bond acceptors (Lipinski definition) is 4. The summed E-state index contributed by atoms with van der Waals surface area (Å²) in [5.74, 6) is 0.936. The predicted octanol–water partition coefficient (Wildman–Crippen LogP) is 3.55. The van der Waals surface area contributed by atoms with Crippen molar-refractivity contribution in [1.29, 1.82) is 0 Å². The Balaban J connectivity index is 0.00000288. The summed E-state index contributed by atoms with van der Waals surface area (Å²) in [6, 6.07) is 10.5. The van der Waals surface area contributed by atoms with E-state index in [0.29, 0.717) is 6.54 Å². The molecule has 0 fully saturated rings. The Bertz CT molecular complexity index is 624. The minimum Gasteiger partial charge on any atom is -0.496 e. The van der Waals surface area contributed by atoms with E-state index in [0.717, 1.165) is 48.6 Å². The van der Waals surface area contributed by atoms with Gasteiger partial charge in [-0.25, -0.2) is 0 Å². The van der Waals surface area contributed by atoms with Crippen molar-refractivity contribution in [3.8, 4) is 5.75 Å². The quantitative estimate of drug-likeness (QED) is 0.754. The number of hydrogen-bond donors (Lipinski definition) is 1. The van der Waals surface area contributed by atoms with Gasteiger partial charge in [-0.15, -0.1) is 24.8 Å². The number of pyridine rings is 1. The molecule has 0 bridgehead atoms. The van der Waals surface area contributed by atoms with Crippen LogP contribution in [0.1, 0.15) is 22.4 Å². The van der Waals surface area contributed by atoms with E-state index in [9.17, 15) is 0 Å². The summed E-state index contributed by atoms with van der Waals surface area (Å²) in [5, 5.41) is 0. The highest BCUT2D eigenvalue weighted by molar-refractivity contribution is 5.85. The van der Waals surface area contributed by atoms with Crippen molar-refractivity contribution in [2.45, 2.75) is 26.8 Å². The van der Waals surface area contributed by atoms with Gasteiger partial charge in [-0.2, -0.15) is 0 Å². The molecule has 1 heterocycles. The Morgan fingerprint density at radius 3 is 2.36 bits per heavy atom. The van der Waals surface area contributed by atoms with E-state index in [4.69, 9.17) is 10.5 Å². The molecule has 0 aliphatic heterocycles. The lowest BCUT2D eigenvalue weighted by Gasteiger charge is -2.23. The van der Waals surface area contributed by atoms with Crippen molar-refractivity contribution >= 4 is 24.8 Å². The smallest absolute Gasteiger partial charge is 0.128 e. The summed E-state index contributed by atoms with van der Waals surface area (Å²) in [6.07, 6.45) is 2.90. The molecule has 1 aromatic heterocycles. The van der Waals surface area contributed by atoms with Gasteiger partial charge in [0.2, 0.25) is 0 Å². The lowest BCUT2D eigenvalue weighted by Crippen LogP contribution is -2.31. The first-order valence-electron chi connectivity index (χ1n) is 8.11. The number of ether oxygens (including phenoxy) is 1. The number of rotatable bonds is 8. The van der Waals surface area contributed by atoms with Gasteiger partial charge in [0.25, 0.3) is 0 Å². The molecule has 0 amide bonds. The number of benzene rings is 1. The molecule has 2 aromatic rings. The van der Waals surface area contributed by atoms with Gasteiger partial charge in [0.05, 0.1) is 12.8 Å². The largest absolute Gasteiger partial charge is 0.496 e. The molecule has 0 radical (unpaired) electrons. The molecule has 1 aromatic carbocycles. The molecule has 0 aliphatic rings. The van der Waals surface area contributed by atoms with Crippen LogP contribution in [0.25, 0.3) is 0 Å². The van der Waals surface area contributed by atoms with Crippen LogP contribution in [0.15, 0.2) is 36.5 Å². The lowest BCUT2D eigenvalue weighted by atomic mass is 10.1. The molecule has 2 N–H and O–H groups in total. The molecule has 0 saturated heterocycles. The molecule has 2 rings (SSSR count). The topological polar surface area (TPSA) is 51.4 Å². The van der Waals surface area contributed by atoms with Crippen LogP contribution in [-0.4, -0.2) is 36.6 Å². The maximum absolute atomic E-state index is 5.78. The van der Waals surface area contributed by atoms with Crippen LogP contribution in [0.4, 0.5) is 0 Å². The summed E-state index contributed by atoms with van der Waals surface area (Å²) < 4.78 is 5.50. The maximum atomic E-state index is 5.78. The van der Waals surface area contributed by atoms with Crippen LogP contribution in [0, 0.1) is 13.8 Å². The van der Waals surface area contributed by atoms with Gasteiger partial charge < -0.3 is 10.5 Å². The molecule has 0 aliphatic carbocycles. The summed E-state index contributed by atoms with van der Waals surface area (Å²) >= 11 is 0. The normalized spacial score (nSPS) is 10.1. The summed E-state index contributed by atoms with van der Waals surface area (Å²) in [5.41, 5.74) is 10.4. The standard InChI is InChI=1S/C19H27N3O.2ClH/c1-15-13-21-18(16(2)19(15)23-3)14-22(12-10-20)11-9-17-7-5-4-6-8-17;;/h4-8,13H,9-12,14,20H2,1-3H3;2*1H. The van der Waals surface area contributed by atoms with Crippen molar-refractivity contribution in [3.05, 3.63) is 58.9 Å². The fraction of sp³-hybridized carbons (Fsp3) is 0.421. The third-order valence-corrected chi connectivity index (χ3v) is 4.13. The van der Waals surface area contributed by atoms with Crippen molar-refractivity contribution in [1.82, 2.24) is 9.88 Å². The fourth-order valence-electron chi connectivity index (χ4n) is 2.83. The van der Waals surface area contributed by atoms with E-state index in [1.165, 1.54) is 5.56 Å². The summed E-state index contributed by atoms with van der Waals surface area (Å²) in [4.78, 5) is 6.96. The average Bonchev–Trinajstić information content (AvgIpc) is 2.57. The van der Waals surface area contributed by atoms with Crippen molar-refractivity contribution in [3.63, 3.8) is 0 Å². The Morgan fingerprint density at radius 2 is 1.76 bits per heavy atom. The highest BCUT2D eigenvalue weighted by atomic mass is 35.5. The van der Waals surface area contributed by atoms with Gasteiger partial charge in [-0.05, 0) is 25.8 Å². The first-order chi connectivity index (χ1) is 11.2. The third kappa shape index (κ3) is 6.83. The van der Waals surface area contributed by atoms with Gasteiger partial charge in [-0.1, -0.05) is 30.3 Å². The van der Waals surface area contributed by atoms with Crippen LogP contribution >= 0.6 is 24.8 Å². The molecular formula is C19H29Cl2N3O. The monoisotopic (exact) mass is 385 g/mol. The number of halogens is 2. The number of methoxy groups -OCH3 is 1. The first kappa shape index (κ1) is 23.7.